The molecule has 2 fully saturated rings. The lowest BCUT2D eigenvalue weighted by molar-refractivity contribution is -0.141. The Balaban J connectivity index is 0.00000208. The summed E-state index contributed by atoms with van der Waals surface area (Å²) in [6.45, 7) is 1.66. The molecule has 0 atom stereocenters. The number of nitrogens with one attached hydrogen (secondary N) is 1. The zero-order valence-electron chi connectivity index (χ0n) is 13.3. The van der Waals surface area contributed by atoms with Crippen molar-refractivity contribution in [3.05, 3.63) is 35.4 Å². The Bertz CT molecular complexity index is 569. The molecular weight excluding hydrogens is 341 g/mol. The van der Waals surface area contributed by atoms with Crippen molar-refractivity contribution >= 4 is 18.3 Å². The van der Waals surface area contributed by atoms with Crippen LogP contribution in [0.4, 0.5) is 13.2 Å². The summed E-state index contributed by atoms with van der Waals surface area (Å²) in [6, 6.07) is 5.68. The Morgan fingerprint density at radius 1 is 1.12 bits per heavy atom. The summed E-state index contributed by atoms with van der Waals surface area (Å²) < 4.78 is 39.5. The van der Waals surface area contributed by atoms with Crippen LogP contribution in [0.25, 0.3) is 0 Å². The third-order valence-corrected chi connectivity index (χ3v) is 4.62. The Morgan fingerprint density at radius 2 is 1.75 bits per heavy atom. The molecule has 134 valence electrons. The van der Waals surface area contributed by atoms with Crippen LogP contribution >= 0.6 is 12.4 Å². The number of benzene rings is 1. The van der Waals surface area contributed by atoms with Crippen molar-refractivity contribution in [1.29, 1.82) is 0 Å². The first-order valence-electron chi connectivity index (χ1n) is 8.13. The molecule has 3 rings (SSSR count). The number of nitrogens with zero attached hydrogens (tertiary/aromatic N) is 1. The number of hydrogen-bond acceptors (Lipinski definition) is 2. The van der Waals surface area contributed by atoms with Crippen LogP contribution in [0.5, 0.6) is 0 Å². The smallest absolute Gasteiger partial charge is 0.335 e. The van der Waals surface area contributed by atoms with E-state index in [1.54, 1.807) is 11.0 Å². The zero-order chi connectivity index (χ0) is 16.4. The lowest BCUT2D eigenvalue weighted by atomic mass is 9.96. The fraction of sp³-hybridized carbons (Fsp3) is 0.588. The van der Waals surface area contributed by atoms with Gasteiger partial charge in [0.2, 0.25) is 5.91 Å². The first kappa shape index (κ1) is 19.1. The lowest BCUT2D eigenvalue weighted by Crippen LogP contribution is -2.42. The fourth-order valence-corrected chi connectivity index (χ4v) is 3.19. The number of hydrogen-bond donors (Lipinski definition) is 1. The number of carbonyl (C=O) groups excluding carboxylic acids is 1. The number of carbonyl (C=O) groups is 1. The highest BCUT2D eigenvalue weighted by Crippen LogP contribution is 2.35. The fourth-order valence-electron chi connectivity index (χ4n) is 3.19. The molecule has 24 heavy (non-hydrogen) atoms. The summed E-state index contributed by atoms with van der Waals surface area (Å²) in [6.07, 6.45) is -1.06. The highest BCUT2D eigenvalue weighted by molar-refractivity contribution is 5.85. The van der Waals surface area contributed by atoms with Gasteiger partial charge in [-0.1, -0.05) is 18.2 Å². The van der Waals surface area contributed by atoms with E-state index in [0.29, 0.717) is 0 Å². The van der Waals surface area contributed by atoms with E-state index >= 15 is 0 Å². The normalized spacial score (nSPS) is 18.8. The van der Waals surface area contributed by atoms with Gasteiger partial charge in [-0.25, -0.2) is 0 Å². The van der Waals surface area contributed by atoms with Crippen molar-refractivity contribution in [2.45, 2.75) is 44.4 Å². The molecule has 1 heterocycles. The second-order valence-corrected chi connectivity index (χ2v) is 6.38. The Kier molecular flexibility index (Phi) is 6.15. The quantitative estimate of drug-likeness (QED) is 0.887. The van der Waals surface area contributed by atoms with Crippen molar-refractivity contribution in [3.8, 4) is 0 Å². The second kappa shape index (κ2) is 7.74. The highest BCUT2D eigenvalue weighted by Gasteiger charge is 2.38. The molecule has 0 aromatic heterocycles. The van der Waals surface area contributed by atoms with E-state index in [1.807, 2.05) is 0 Å². The van der Waals surface area contributed by atoms with Crippen LogP contribution in [0.1, 0.15) is 36.8 Å². The Labute approximate surface area is 146 Å². The molecule has 1 aliphatic carbocycles. The molecule has 0 unspecified atom stereocenters. The minimum atomic E-state index is -4.39. The molecule has 7 heteroatoms. The van der Waals surface area contributed by atoms with E-state index < -0.39 is 11.7 Å². The van der Waals surface area contributed by atoms with E-state index in [4.69, 9.17) is 0 Å². The summed E-state index contributed by atoms with van der Waals surface area (Å²) in [5.41, 5.74) is -0.446. The summed E-state index contributed by atoms with van der Waals surface area (Å²) >= 11 is 0. The van der Waals surface area contributed by atoms with Crippen LogP contribution < -0.4 is 5.32 Å². The summed E-state index contributed by atoms with van der Waals surface area (Å²) in [4.78, 5) is 14.4. The maximum Gasteiger partial charge on any atom is 0.416 e. The van der Waals surface area contributed by atoms with Crippen LogP contribution in [0.3, 0.4) is 0 Å². The molecular formula is C17H22ClF3N2O. The highest BCUT2D eigenvalue weighted by atomic mass is 35.5. The van der Waals surface area contributed by atoms with Gasteiger partial charge in [0.25, 0.3) is 0 Å². The molecule has 1 aliphatic heterocycles. The van der Waals surface area contributed by atoms with E-state index in [2.05, 4.69) is 5.32 Å². The zero-order valence-corrected chi connectivity index (χ0v) is 14.1. The van der Waals surface area contributed by atoms with Crippen LogP contribution in [-0.2, 0) is 17.5 Å². The molecule has 1 amide bonds. The molecule has 1 saturated carbocycles. The largest absolute Gasteiger partial charge is 0.416 e. The summed E-state index contributed by atoms with van der Waals surface area (Å²) in [5, 5.41) is 3.21. The van der Waals surface area contributed by atoms with Crippen molar-refractivity contribution in [2.24, 2.45) is 5.92 Å². The van der Waals surface area contributed by atoms with Gasteiger partial charge in [-0.2, -0.15) is 13.2 Å². The SMILES string of the molecule is Cl.O=C(C1CCNCC1)N(Cc1ccccc1C(F)(F)F)C1CC1. The molecule has 3 nitrogen and oxygen atoms in total. The maximum absolute atomic E-state index is 13.2. The van der Waals surface area contributed by atoms with Crippen molar-refractivity contribution < 1.29 is 18.0 Å². The van der Waals surface area contributed by atoms with Gasteiger partial charge in [0.05, 0.1) is 5.56 Å². The van der Waals surface area contributed by atoms with Crippen LogP contribution in [-0.4, -0.2) is 29.9 Å². The van der Waals surface area contributed by atoms with Crippen molar-refractivity contribution in [3.63, 3.8) is 0 Å². The molecule has 0 spiro atoms. The predicted octanol–water partition coefficient (Wildman–Crippen LogP) is 3.62. The summed E-state index contributed by atoms with van der Waals surface area (Å²) in [5.74, 6) is -0.0409. The van der Waals surface area contributed by atoms with Crippen LogP contribution in [0.2, 0.25) is 0 Å². The van der Waals surface area contributed by atoms with Crippen molar-refractivity contribution in [1.82, 2.24) is 10.2 Å². The van der Waals surface area contributed by atoms with Gasteiger partial charge < -0.3 is 10.2 Å². The number of halogens is 4. The van der Waals surface area contributed by atoms with E-state index in [9.17, 15) is 18.0 Å². The number of amides is 1. The monoisotopic (exact) mass is 362 g/mol. The van der Waals surface area contributed by atoms with Crippen molar-refractivity contribution in [2.75, 3.05) is 13.1 Å². The predicted molar refractivity (Wildman–Crippen MR) is 87.9 cm³/mol. The number of alkyl halides is 3. The van der Waals surface area contributed by atoms with Gasteiger partial charge in [0.1, 0.15) is 0 Å². The topological polar surface area (TPSA) is 32.3 Å². The first-order valence-corrected chi connectivity index (χ1v) is 8.13. The molecule has 1 aromatic rings. The van der Waals surface area contributed by atoms with Crippen LogP contribution in [0.15, 0.2) is 24.3 Å². The lowest BCUT2D eigenvalue weighted by Gasteiger charge is -2.30. The number of rotatable bonds is 4. The minimum absolute atomic E-state index is 0. The Morgan fingerprint density at radius 3 is 2.33 bits per heavy atom. The average Bonchev–Trinajstić information content (AvgIpc) is 3.37. The van der Waals surface area contributed by atoms with E-state index in [1.165, 1.54) is 12.1 Å². The maximum atomic E-state index is 13.2. The molecule has 1 saturated heterocycles. The summed E-state index contributed by atoms with van der Waals surface area (Å²) in [7, 11) is 0. The van der Waals surface area contributed by atoms with E-state index in [0.717, 1.165) is 44.8 Å². The molecule has 0 bridgehead atoms. The second-order valence-electron chi connectivity index (χ2n) is 6.38. The molecule has 1 N–H and O–H groups in total. The number of piperidine rings is 1. The third-order valence-electron chi connectivity index (χ3n) is 4.62. The molecule has 1 aromatic carbocycles. The molecule has 0 radical (unpaired) electrons. The minimum Gasteiger partial charge on any atom is -0.335 e. The first-order chi connectivity index (χ1) is 11.0. The Hall–Kier alpha value is -1.27. The third kappa shape index (κ3) is 4.42. The van der Waals surface area contributed by atoms with Gasteiger partial charge in [0.15, 0.2) is 0 Å². The van der Waals surface area contributed by atoms with E-state index in [-0.39, 0.29) is 42.4 Å². The van der Waals surface area contributed by atoms with Gasteiger partial charge in [-0.15, -0.1) is 12.4 Å². The van der Waals surface area contributed by atoms with Gasteiger partial charge in [-0.05, 0) is 50.4 Å². The van der Waals surface area contributed by atoms with Gasteiger partial charge >= 0.3 is 6.18 Å². The molecule has 2 aliphatic rings. The standard InChI is InChI=1S/C17H21F3N2O.ClH/c18-17(19,20)15-4-2-1-3-13(15)11-22(14-5-6-14)16(23)12-7-9-21-10-8-12;/h1-4,12,14,21H,5-11H2;1H. The average molecular weight is 363 g/mol. The van der Waals surface area contributed by atoms with Gasteiger partial charge in [0, 0.05) is 18.5 Å². The van der Waals surface area contributed by atoms with Gasteiger partial charge in [-0.3, -0.25) is 4.79 Å². The van der Waals surface area contributed by atoms with Crippen LogP contribution in [0, 0.1) is 5.92 Å².